The van der Waals surface area contributed by atoms with Crippen molar-refractivity contribution in [2.45, 2.75) is 38.5 Å². The maximum absolute atomic E-state index is 13.3. The molecule has 2 aromatic rings. The van der Waals surface area contributed by atoms with E-state index in [1.54, 1.807) is 76.4 Å². The zero-order valence-electron chi connectivity index (χ0n) is 19.5. The largest absolute Gasteiger partial charge is 0.497 e. The fourth-order valence-electron chi connectivity index (χ4n) is 3.08. The molecule has 2 rings (SSSR count). The summed E-state index contributed by atoms with van der Waals surface area (Å²) in [6, 6.07) is 13.9. The molecular weight excluding hydrogens is 442 g/mol. The molecule has 0 saturated carbocycles. The minimum Gasteiger partial charge on any atom is -0.497 e. The van der Waals surface area contributed by atoms with E-state index in [9.17, 15) is 14.4 Å². The molecule has 0 aliphatic heterocycles. The summed E-state index contributed by atoms with van der Waals surface area (Å²) in [5, 5.41) is 5.37. The molecule has 3 amide bonds. The minimum absolute atomic E-state index is 0.0318. The summed E-state index contributed by atoms with van der Waals surface area (Å²) in [6.45, 7) is 5.18. The first-order valence-electron chi connectivity index (χ1n) is 10.4. The number of likely N-dealkylation sites (N-methyl/N-ethyl adjacent to an activating group) is 1. The third-order valence-electron chi connectivity index (χ3n) is 4.63. The van der Waals surface area contributed by atoms with Gasteiger partial charge in [0.1, 0.15) is 23.4 Å². The van der Waals surface area contributed by atoms with E-state index in [1.807, 2.05) is 6.07 Å². The molecule has 0 spiro atoms. The zero-order chi connectivity index (χ0) is 24.6. The Bertz CT molecular complexity index is 945. The van der Waals surface area contributed by atoms with Crippen molar-refractivity contribution in [2.24, 2.45) is 0 Å². The van der Waals surface area contributed by atoms with Crippen LogP contribution < -0.4 is 15.4 Å². The maximum Gasteiger partial charge on any atom is 0.408 e. The smallest absolute Gasteiger partial charge is 0.408 e. The third kappa shape index (κ3) is 7.71. The number of hydrogen-bond donors (Lipinski definition) is 3. The first-order valence-corrected chi connectivity index (χ1v) is 11.1. The average molecular weight is 474 g/mol. The number of carbonyl (C=O) groups is 3. The van der Waals surface area contributed by atoms with Crippen LogP contribution in [0.25, 0.3) is 0 Å². The van der Waals surface area contributed by atoms with Gasteiger partial charge >= 0.3 is 6.09 Å². The van der Waals surface area contributed by atoms with E-state index in [0.717, 1.165) is 0 Å². The van der Waals surface area contributed by atoms with Crippen molar-refractivity contribution in [1.29, 1.82) is 0 Å². The van der Waals surface area contributed by atoms with Crippen LogP contribution in [-0.4, -0.2) is 54.4 Å². The number of hydrogen-bond acceptors (Lipinski definition) is 6. The molecule has 9 heteroatoms. The molecule has 2 unspecified atom stereocenters. The van der Waals surface area contributed by atoms with Crippen LogP contribution in [0.1, 0.15) is 32.4 Å². The van der Waals surface area contributed by atoms with Crippen LogP contribution in [0.5, 0.6) is 5.75 Å². The van der Waals surface area contributed by atoms with Gasteiger partial charge in [-0.15, -0.1) is 0 Å². The fraction of sp³-hybridized carbons (Fsp3) is 0.375. The minimum atomic E-state index is -0.979. The molecule has 2 atom stereocenters. The van der Waals surface area contributed by atoms with E-state index in [0.29, 0.717) is 17.0 Å². The number of nitrogens with one attached hydrogen (secondary N) is 2. The summed E-state index contributed by atoms with van der Waals surface area (Å²) in [7, 11) is 3.07. The number of thiol groups is 1. The highest BCUT2D eigenvalue weighted by molar-refractivity contribution is 7.80. The summed E-state index contributed by atoms with van der Waals surface area (Å²) >= 11 is 4.21. The van der Waals surface area contributed by atoms with Gasteiger partial charge in [0, 0.05) is 18.5 Å². The predicted molar refractivity (Wildman–Crippen MR) is 131 cm³/mol. The molecule has 33 heavy (non-hydrogen) atoms. The van der Waals surface area contributed by atoms with Gasteiger partial charge in [0.25, 0.3) is 5.91 Å². The lowest BCUT2D eigenvalue weighted by molar-refractivity contribution is -0.138. The number of nitrogens with zero attached hydrogens (tertiary/aromatic N) is 1. The van der Waals surface area contributed by atoms with Gasteiger partial charge in [-0.25, -0.2) is 4.79 Å². The second-order valence-electron chi connectivity index (χ2n) is 8.36. The van der Waals surface area contributed by atoms with Gasteiger partial charge in [0.2, 0.25) is 5.91 Å². The van der Waals surface area contributed by atoms with Crippen molar-refractivity contribution in [3.63, 3.8) is 0 Å². The third-order valence-corrected chi connectivity index (χ3v) is 4.99. The lowest BCUT2D eigenvalue weighted by Crippen LogP contribution is -2.52. The van der Waals surface area contributed by atoms with Gasteiger partial charge in [-0.05, 0) is 50.6 Å². The summed E-state index contributed by atoms with van der Waals surface area (Å²) in [5.74, 6) is -0.193. The lowest BCUT2D eigenvalue weighted by atomic mass is 10.0. The van der Waals surface area contributed by atoms with Gasteiger partial charge in [-0.3, -0.25) is 9.59 Å². The molecule has 178 valence electrons. The van der Waals surface area contributed by atoms with E-state index >= 15 is 0 Å². The van der Waals surface area contributed by atoms with E-state index < -0.39 is 35.6 Å². The number of methoxy groups -OCH3 is 1. The van der Waals surface area contributed by atoms with Crippen LogP contribution in [0.2, 0.25) is 0 Å². The van der Waals surface area contributed by atoms with Crippen LogP contribution in [-0.2, 0) is 14.3 Å². The second-order valence-corrected chi connectivity index (χ2v) is 8.73. The lowest BCUT2D eigenvalue weighted by Gasteiger charge is -2.31. The van der Waals surface area contributed by atoms with E-state index in [2.05, 4.69) is 23.3 Å². The first kappa shape index (κ1) is 26.1. The summed E-state index contributed by atoms with van der Waals surface area (Å²) in [6.07, 6.45) is -0.734. The molecule has 0 heterocycles. The number of anilines is 1. The molecule has 0 saturated heterocycles. The van der Waals surface area contributed by atoms with Crippen molar-refractivity contribution < 1.29 is 23.9 Å². The van der Waals surface area contributed by atoms with Crippen LogP contribution in [0.4, 0.5) is 10.5 Å². The van der Waals surface area contributed by atoms with Crippen LogP contribution >= 0.6 is 12.6 Å². The summed E-state index contributed by atoms with van der Waals surface area (Å²) < 4.78 is 10.4. The van der Waals surface area contributed by atoms with Crippen LogP contribution in [0.15, 0.2) is 54.6 Å². The van der Waals surface area contributed by atoms with E-state index in [-0.39, 0.29) is 5.75 Å². The normalized spacial score (nSPS) is 12.8. The Morgan fingerprint density at radius 3 is 2.15 bits per heavy atom. The molecule has 0 aromatic heterocycles. The van der Waals surface area contributed by atoms with E-state index in [4.69, 9.17) is 9.47 Å². The second kappa shape index (κ2) is 11.6. The molecule has 8 nitrogen and oxygen atoms in total. The number of amides is 3. The van der Waals surface area contributed by atoms with Gasteiger partial charge in [-0.2, -0.15) is 12.6 Å². The van der Waals surface area contributed by atoms with Gasteiger partial charge in [0.15, 0.2) is 0 Å². The van der Waals surface area contributed by atoms with Crippen LogP contribution in [0, 0.1) is 0 Å². The molecular formula is C24H31N3O5S. The highest BCUT2D eigenvalue weighted by Gasteiger charge is 2.33. The van der Waals surface area contributed by atoms with Crippen molar-refractivity contribution >= 4 is 36.2 Å². The fourth-order valence-corrected chi connectivity index (χ4v) is 3.33. The first-order chi connectivity index (χ1) is 15.6. The molecule has 0 fully saturated rings. The Kier molecular flexibility index (Phi) is 9.16. The Labute approximate surface area is 200 Å². The van der Waals surface area contributed by atoms with Crippen molar-refractivity contribution in [2.75, 3.05) is 25.2 Å². The van der Waals surface area contributed by atoms with E-state index in [1.165, 1.54) is 11.9 Å². The average Bonchev–Trinajstić information content (AvgIpc) is 2.77. The quantitative estimate of drug-likeness (QED) is 0.509. The SMILES string of the molecule is COc1ccc(NC(=O)C(c2ccccc2)N(C)C(=O)C(CS)NC(=O)OC(C)(C)C)cc1. The highest BCUT2D eigenvalue weighted by Crippen LogP contribution is 2.24. The Hall–Kier alpha value is -3.20. The number of carbonyl (C=O) groups excluding carboxylic acids is 3. The van der Waals surface area contributed by atoms with Gasteiger partial charge < -0.3 is 25.0 Å². The predicted octanol–water partition coefficient (Wildman–Crippen LogP) is 3.66. The molecule has 0 aliphatic rings. The Morgan fingerprint density at radius 2 is 1.64 bits per heavy atom. The van der Waals surface area contributed by atoms with Crippen molar-refractivity contribution in [3.05, 3.63) is 60.2 Å². The molecule has 0 bridgehead atoms. The maximum atomic E-state index is 13.3. The molecule has 2 N–H and O–H groups in total. The monoisotopic (exact) mass is 473 g/mol. The molecule has 0 radical (unpaired) electrons. The van der Waals surface area contributed by atoms with Crippen LogP contribution in [0.3, 0.4) is 0 Å². The zero-order valence-corrected chi connectivity index (χ0v) is 20.4. The number of rotatable bonds is 8. The topological polar surface area (TPSA) is 97.0 Å². The standard InChI is InChI=1S/C24H31N3O5S/c1-24(2,3)32-23(30)26-19(15-33)22(29)27(4)20(16-9-7-6-8-10-16)21(28)25-17-11-13-18(31-5)14-12-17/h6-14,19-20,33H,15H2,1-5H3,(H,25,28)(H,26,30). The molecule has 2 aromatic carbocycles. The number of alkyl carbamates (subject to hydrolysis) is 1. The van der Waals surface area contributed by atoms with Crippen molar-refractivity contribution in [3.8, 4) is 5.75 Å². The summed E-state index contributed by atoms with van der Waals surface area (Å²) in [4.78, 5) is 40.0. The highest BCUT2D eigenvalue weighted by atomic mass is 32.1. The molecule has 0 aliphatic carbocycles. The van der Waals surface area contributed by atoms with Crippen molar-refractivity contribution in [1.82, 2.24) is 10.2 Å². The number of ether oxygens (including phenoxy) is 2. The Balaban J connectivity index is 2.25. The number of benzene rings is 2. The Morgan fingerprint density at radius 1 is 1.03 bits per heavy atom. The van der Waals surface area contributed by atoms with Gasteiger partial charge in [-0.1, -0.05) is 30.3 Å². The summed E-state index contributed by atoms with van der Waals surface area (Å²) in [5.41, 5.74) is 0.458. The van der Waals surface area contributed by atoms with Gasteiger partial charge in [0.05, 0.1) is 7.11 Å².